The summed E-state index contributed by atoms with van der Waals surface area (Å²) in [6.45, 7) is 7.48. The van der Waals surface area contributed by atoms with Crippen molar-refractivity contribution in [3.63, 3.8) is 0 Å². The Morgan fingerprint density at radius 3 is 1.46 bits per heavy atom. The summed E-state index contributed by atoms with van der Waals surface area (Å²) < 4.78 is 0. The molecule has 0 radical (unpaired) electrons. The van der Waals surface area contributed by atoms with Gasteiger partial charge in [-0.3, -0.25) is 0 Å². The molecule has 0 saturated carbocycles. The summed E-state index contributed by atoms with van der Waals surface area (Å²) in [4.78, 5) is 4.47. The topological polar surface area (TPSA) is 38.7 Å². The van der Waals surface area contributed by atoms with Crippen LogP contribution in [-0.4, -0.2) is 11.9 Å². The average molecular weight is 345 g/mol. The molecule has 0 aliphatic rings. The predicted molar refractivity (Wildman–Crippen MR) is 103 cm³/mol. The zero-order valence-corrected chi connectivity index (χ0v) is 16.8. The van der Waals surface area contributed by atoms with Crippen molar-refractivity contribution in [1.29, 1.82) is 0 Å². The van der Waals surface area contributed by atoms with E-state index in [4.69, 9.17) is 5.26 Å². The van der Waals surface area contributed by atoms with Crippen molar-refractivity contribution in [2.75, 3.05) is 6.61 Å². The third-order valence-electron chi connectivity index (χ3n) is 5.42. The van der Waals surface area contributed by atoms with Crippen molar-refractivity contribution in [2.45, 2.75) is 124 Å². The highest BCUT2D eigenvalue weighted by Crippen LogP contribution is 2.41. The summed E-state index contributed by atoms with van der Waals surface area (Å²) in [5.74, 6) is 0. The Hall–Kier alpha value is -0.120. The molecule has 0 spiro atoms. The maximum atomic E-state index is 8.08. The van der Waals surface area contributed by atoms with Gasteiger partial charge in [-0.15, -0.1) is 0 Å². The quantitative estimate of drug-likeness (QED) is 0.148. The molecule has 0 aromatic rings. The van der Waals surface area contributed by atoms with Crippen LogP contribution in [0.2, 0.25) is 0 Å². The lowest BCUT2D eigenvalue weighted by molar-refractivity contribution is -0.490. The summed E-state index contributed by atoms with van der Waals surface area (Å²) in [5, 5.41) is 11.7. The highest BCUT2D eigenvalue weighted by molar-refractivity contribution is 4.79. The third kappa shape index (κ3) is 13.2. The summed E-state index contributed by atoms with van der Waals surface area (Å²) in [6, 6.07) is 0. The highest BCUT2D eigenvalue weighted by atomic mass is 17.5. The van der Waals surface area contributed by atoms with Crippen molar-refractivity contribution >= 4 is 0 Å². The number of unbranched alkanes of at least 4 members (excludes halogenated alkanes) is 8. The first-order valence-electron chi connectivity index (χ1n) is 10.7. The Kier molecular flexibility index (Phi) is 17.6. The van der Waals surface area contributed by atoms with E-state index < -0.39 is 0 Å². The molecule has 1 N–H and O–H groups in total. The first-order chi connectivity index (χ1) is 11.7. The van der Waals surface area contributed by atoms with E-state index in [9.17, 15) is 0 Å². The van der Waals surface area contributed by atoms with Crippen LogP contribution in [0.3, 0.4) is 0 Å². The SMILES string of the molecule is CCCCC(CCCC)(CCCC)CCCCCCCCOOO. The number of hydrogen-bond acceptors (Lipinski definition) is 3. The minimum Gasteiger partial charge on any atom is -0.221 e. The Labute approximate surface area is 151 Å². The first kappa shape index (κ1) is 23.9. The van der Waals surface area contributed by atoms with E-state index in [1.165, 1.54) is 89.9 Å². The fourth-order valence-corrected chi connectivity index (χ4v) is 3.81. The van der Waals surface area contributed by atoms with Crippen LogP contribution in [0.4, 0.5) is 0 Å². The molecule has 146 valence electrons. The number of hydrogen-bond donors (Lipinski definition) is 1. The van der Waals surface area contributed by atoms with Gasteiger partial charge in [0, 0.05) is 0 Å². The van der Waals surface area contributed by atoms with Gasteiger partial charge in [0.05, 0.1) is 6.61 Å². The zero-order valence-electron chi connectivity index (χ0n) is 16.8. The van der Waals surface area contributed by atoms with Crippen LogP contribution < -0.4 is 0 Å². The Morgan fingerprint density at radius 1 is 0.583 bits per heavy atom. The molecule has 0 fully saturated rings. The molecule has 0 aliphatic heterocycles. The summed E-state index contributed by atoms with van der Waals surface area (Å²) in [7, 11) is 0. The lowest BCUT2D eigenvalue weighted by atomic mass is 9.71. The molecule has 0 aromatic heterocycles. The second-order valence-electron chi connectivity index (χ2n) is 7.58. The molecule has 0 aromatic carbocycles. The largest absolute Gasteiger partial charge is 0.221 e. The van der Waals surface area contributed by atoms with Gasteiger partial charge in [-0.1, -0.05) is 96.4 Å². The van der Waals surface area contributed by atoms with Crippen molar-refractivity contribution < 1.29 is 15.2 Å². The normalized spacial score (nSPS) is 12.0. The molecule has 0 unspecified atom stereocenters. The summed E-state index contributed by atoms with van der Waals surface area (Å²) >= 11 is 0. The van der Waals surface area contributed by atoms with Gasteiger partial charge in [0.25, 0.3) is 0 Å². The van der Waals surface area contributed by atoms with E-state index in [1.807, 2.05) is 0 Å². The van der Waals surface area contributed by atoms with E-state index in [1.54, 1.807) is 0 Å². The monoisotopic (exact) mass is 344 g/mol. The van der Waals surface area contributed by atoms with Crippen LogP contribution in [0.15, 0.2) is 0 Å². The van der Waals surface area contributed by atoms with Crippen LogP contribution in [0.25, 0.3) is 0 Å². The van der Waals surface area contributed by atoms with Gasteiger partial charge in [-0.2, -0.15) is 0 Å². The summed E-state index contributed by atoms with van der Waals surface area (Å²) in [5.41, 5.74) is 0.633. The fourth-order valence-electron chi connectivity index (χ4n) is 3.81. The molecule has 0 bridgehead atoms. The van der Waals surface area contributed by atoms with Crippen LogP contribution in [0, 0.1) is 5.41 Å². The standard InChI is InChI=1S/C21H44O3/c1-4-7-16-21(17-8-5-2,18-9-6-3)19-14-12-10-11-13-15-20-23-24-22/h22H,4-20H2,1-3H3. The molecule has 3 heteroatoms. The highest BCUT2D eigenvalue weighted by Gasteiger charge is 2.27. The minimum absolute atomic E-state index is 0.491. The van der Waals surface area contributed by atoms with E-state index in [-0.39, 0.29) is 0 Å². The minimum atomic E-state index is 0.491. The van der Waals surface area contributed by atoms with Gasteiger partial charge in [0.15, 0.2) is 0 Å². The first-order valence-corrected chi connectivity index (χ1v) is 10.7. The molecule has 3 nitrogen and oxygen atoms in total. The Bertz CT molecular complexity index is 221. The molecule has 0 atom stereocenters. The lowest BCUT2D eigenvalue weighted by Gasteiger charge is -2.35. The van der Waals surface area contributed by atoms with Gasteiger partial charge in [0.1, 0.15) is 0 Å². The van der Waals surface area contributed by atoms with Gasteiger partial charge >= 0.3 is 0 Å². The molecule has 0 saturated heterocycles. The maximum Gasteiger partial charge on any atom is 0.0853 e. The van der Waals surface area contributed by atoms with Gasteiger partial charge in [-0.05, 0) is 37.5 Å². The van der Waals surface area contributed by atoms with Crippen molar-refractivity contribution in [3.8, 4) is 0 Å². The molecule has 0 rings (SSSR count). The van der Waals surface area contributed by atoms with Crippen LogP contribution in [0.5, 0.6) is 0 Å². The predicted octanol–water partition coefficient (Wildman–Crippen LogP) is 7.70. The molecule has 24 heavy (non-hydrogen) atoms. The second-order valence-corrected chi connectivity index (χ2v) is 7.58. The number of rotatable bonds is 19. The summed E-state index contributed by atoms with van der Waals surface area (Å²) in [6.07, 6.45) is 21.5. The fraction of sp³-hybridized carbons (Fsp3) is 1.00. The zero-order chi connectivity index (χ0) is 17.9. The Morgan fingerprint density at radius 2 is 1.00 bits per heavy atom. The molecule has 0 aliphatic carbocycles. The van der Waals surface area contributed by atoms with Crippen molar-refractivity contribution in [3.05, 3.63) is 0 Å². The van der Waals surface area contributed by atoms with Gasteiger partial charge in [0.2, 0.25) is 0 Å². The smallest absolute Gasteiger partial charge is 0.0853 e. The van der Waals surface area contributed by atoms with Crippen molar-refractivity contribution in [1.82, 2.24) is 0 Å². The maximum absolute atomic E-state index is 8.08. The van der Waals surface area contributed by atoms with E-state index in [2.05, 4.69) is 30.7 Å². The van der Waals surface area contributed by atoms with E-state index >= 15 is 0 Å². The van der Waals surface area contributed by atoms with Gasteiger partial charge < -0.3 is 0 Å². The second kappa shape index (κ2) is 17.7. The molecular formula is C21H44O3. The van der Waals surface area contributed by atoms with E-state index in [0.717, 1.165) is 12.8 Å². The van der Waals surface area contributed by atoms with Crippen LogP contribution in [-0.2, 0) is 9.93 Å². The van der Waals surface area contributed by atoms with Crippen molar-refractivity contribution in [2.24, 2.45) is 5.41 Å². The molecule has 0 amide bonds. The van der Waals surface area contributed by atoms with Crippen LogP contribution in [0.1, 0.15) is 124 Å². The van der Waals surface area contributed by atoms with Gasteiger partial charge in [-0.25, -0.2) is 10.1 Å². The molecular weight excluding hydrogens is 300 g/mol. The molecule has 0 heterocycles. The average Bonchev–Trinajstić information content (AvgIpc) is 2.61. The third-order valence-corrected chi connectivity index (χ3v) is 5.42. The Balaban J connectivity index is 4.07. The van der Waals surface area contributed by atoms with E-state index in [0.29, 0.717) is 12.0 Å². The lowest BCUT2D eigenvalue weighted by Crippen LogP contribution is -2.21. The van der Waals surface area contributed by atoms with Crippen LogP contribution >= 0.6 is 0 Å².